The van der Waals surface area contributed by atoms with Gasteiger partial charge in [0, 0.05) is 37.2 Å². The van der Waals surface area contributed by atoms with Crippen LogP contribution in [0.1, 0.15) is 19.3 Å². The lowest BCUT2D eigenvalue weighted by Crippen LogP contribution is -2.19. The summed E-state index contributed by atoms with van der Waals surface area (Å²) in [5, 5.41) is 0.515. The summed E-state index contributed by atoms with van der Waals surface area (Å²) in [7, 11) is 0. The van der Waals surface area contributed by atoms with Crippen molar-refractivity contribution in [2.75, 3.05) is 13.2 Å². The van der Waals surface area contributed by atoms with Crippen LogP contribution in [0.5, 0.6) is 0 Å². The van der Waals surface area contributed by atoms with Gasteiger partial charge >= 0.3 is 0 Å². The van der Waals surface area contributed by atoms with Crippen molar-refractivity contribution in [1.29, 1.82) is 0 Å². The molecular formula is C16H18ClFN2O. The molecule has 5 heteroatoms. The zero-order chi connectivity index (χ0) is 14.7. The lowest BCUT2D eigenvalue weighted by atomic mass is 9.98. The fourth-order valence-electron chi connectivity index (χ4n) is 2.76. The van der Waals surface area contributed by atoms with E-state index in [2.05, 4.69) is 4.98 Å². The number of hydrogen-bond acceptors (Lipinski definition) is 2. The van der Waals surface area contributed by atoms with Crippen LogP contribution in [0.15, 0.2) is 30.6 Å². The van der Waals surface area contributed by atoms with Crippen molar-refractivity contribution in [3.8, 4) is 11.4 Å². The summed E-state index contributed by atoms with van der Waals surface area (Å²) < 4.78 is 21.5. The quantitative estimate of drug-likeness (QED) is 0.848. The lowest BCUT2D eigenvalue weighted by Gasteiger charge is -2.22. The largest absolute Gasteiger partial charge is 0.381 e. The Kier molecular flexibility index (Phi) is 4.56. The molecule has 1 aliphatic heterocycles. The van der Waals surface area contributed by atoms with Crippen molar-refractivity contribution in [2.45, 2.75) is 25.8 Å². The van der Waals surface area contributed by atoms with Crippen molar-refractivity contribution in [2.24, 2.45) is 5.92 Å². The molecule has 3 rings (SSSR count). The molecule has 0 N–H and O–H groups in total. The average Bonchev–Trinajstić information content (AvgIpc) is 2.97. The second-order valence-electron chi connectivity index (χ2n) is 5.44. The maximum absolute atomic E-state index is 14.0. The highest BCUT2D eigenvalue weighted by atomic mass is 35.5. The Bertz CT molecular complexity index is 608. The summed E-state index contributed by atoms with van der Waals surface area (Å²) >= 11 is 5.96. The molecule has 3 nitrogen and oxygen atoms in total. The Hall–Kier alpha value is -1.39. The summed E-state index contributed by atoms with van der Waals surface area (Å²) in [6.45, 7) is 2.52. The Morgan fingerprint density at radius 3 is 3.14 bits per heavy atom. The lowest BCUT2D eigenvalue weighted by molar-refractivity contribution is 0.0501. The van der Waals surface area contributed by atoms with E-state index in [9.17, 15) is 4.39 Å². The van der Waals surface area contributed by atoms with Crippen LogP contribution in [0.25, 0.3) is 11.4 Å². The first-order valence-electron chi connectivity index (χ1n) is 7.28. The maximum atomic E-state index is 14.0. The Morgan fingerprint density at radius 2 is 2.33 bits per heavy atom. The molecule has 1 aliphatic rings. The summed E-state index contributed by atoms with van der Waals surface area (Å²) in [5.41, 5.74) is 0.451. The van der Waals surface area contributed by atoms with Gasteiger partial charge in [-0.15, -0.1) is 0 Å². The van der Waals surface area contributed by atoms with E-state index >= 15 is 0 Å². The third kappa shape index (κ3) is 3.44. The molecule has 0 spiro atoms. The van der Waals surface area contributed by atoms with Gasteiger partial charge in [0.1, 0.15) is 11.6 Å². The van der Waals surface area contributed by atoms with Gasteiger partial charge in [-0.2, -0.15) is 0 Å². The minimum Gasteiger partial charge on any atom is -0.381 e. The molecule has 0 saturated carbocycles. The number of ether oxygens (including phenoxy) is 1. The number of hydrogen-bond donors (Lipinski definition) is 0. The molecule has 2 aromatic rings. The van der Waals surface area contributed by atoms with Crippen molar-refractivity contribution in [3.05, 3.63) is 41.4 Å². The van der Waals surface area contributed by atoms with Gasteiger partial charge in [-0.25, -0.2) is 9.37 Å². The van der Waals surface area contributed by atoms with Crippen molar-refractivity contribution >= 4 is 11.6 Å². The molecule has 1 saturated heterocycles. The molecule has 1 unspecified atom stereocenters. The molecule has 112 valence electrons. The fraction of sp³-hybridized carbons (Fsp3) is 0.438. The maximum Gasteiger partial charge on any atom is 0.142 e. The highest BCUT2D eigenvalue weighted by Gasteiger charge is 2.16. The van der Waals surface area contributed by atoms with Gasteiger partial charge in [0.2, 0.25) is 0 Å². The SMILES string of the molecule is Fc1ccc(Cl)cc1-c1nccn1CCC1CCCOC1. The second kappa shape index (κ2) is 6.58. The minimum absolute atomic E-state index is 0.298. The zero-order valence-corrected chi connectivity index (χ0v) is 12.5. The molecule has 1 fully saturated rings. The number of imidazole rings is 1. The third-order valence-corrected chi connectivity index (χ3v) is 4.15. The van der Waals surface area contributed by atoms with Gasteiger partial charge in [-0.05, 0) is 43.4 Å². The van der Waals surface area contributed by atoms with E-state index in [1.165, 1.54) is 12.5 Å². The predicted molar refractivity (Wildman–Crippen MR) is 80.8 cm³/mol. The van der Waals surface area contributed by atoms with E-state index in [1.54, 1.807) is 18.3 Å². The zero-order valence-electron chi connectivity index (χ0n) is 11.8. The van der Waals surface area contributed by atoms with Crippen LogP contribution in [0, 0.1) is 11.7 Å². The van der Waals surface area contributed by atoms with Crippen LogP contribution in [0.3, 0.4) is 0 Å². The first kappa shape index (κ1) is 14.5. The average molecular weight is 309 g/mol. The van der Waals surface area contributed by atoms with Crippen LogP contribution in [0.2, 0.25) is 5.02 Å². The number of halogens is 2. The highest BCUT2D eigenvalue weighted by Crippen LogP contribution is 2.26. The van der Waals surface area contributed by atoms with Crippen LogP contribution in [-0.4, -0.2) is 22.8 Å². The van der Waals surface area contributed by atoms with Gasteiger partial charge in [0.05, 0.1) is 5.56 Å². The summed E-state index contributed by atoms with van der Waals surface area (Å²) in [5.74, 6) is 0.915. The highest BCUT2D eigenvalue weighted by molar-refractivity contribution is 6.30. The Morgan fingerprint density at radius 1 is 1.43 bits per heavy atom. The molecule has 1 aromatic carbocycles. The predicted octanol–water partition coefficient (Wildman–Crippen LogP) is 4.16. The molecule has 21 heavy (non-hydrogen) atoms. The normalized spacial score (nSPS) is 18.9. The molecule has 0 bridgehead atoms. The summed E-state index contributed by atoms with van der Waals surface area (Å²) in [4.78, 5) is 4.29. The molecule has 0 aliphatic carbocycles. The van der Waals surface area contributed by atoms with E-state index in [-0.39, 0.29) is 5.82 Å². The molecule has 0 radical (unpaired) electrons. The number of aryl methyl sites for hydroxylation is 1. The van der Waals surface area contributed by atoms with Gasteiger partial charge in [0.25, 0.3) is 0 Å². The van der Waals surface area contributed by atoms with Crippen molar-refractivity contribution in [3.63, 3.8) is 0 Å². The number of rotatable bonds is 4. The van der Waals surface area contributed by atoms with E-state index < -0.39 is 0 Å². The first-order chi connectivity index (χ1) is 10.2. The minimum atomic E-state index is -0.298. The van der Waals surface area contributed by atoms with Gasteiger partial charge in [-0.3, -0.25) is 0 Å². The standard InChI is InChI=1S/C16H18ClFN2O/c17-13-3-4-15(18)14(10-13)16-19-6-8-20(16)7-5-12-2-1-9-21-11-12/h3-4,6,8,10,12H,1-2,5,7,9,11H2. The van der Waals surface area contributed by atoms with E-state index in [1.807, 2.05) is 10.8 Å². The monoisotopic (exact) mass is 308 g/mol. The topological polar surface area (TPSA) is 27.1 Å². The first-order valence-corrected chi connectivity index (χ1v) is 7.66. The van der Waals surface area contributed by atoms with Gasteiger partial charge < -0.3 is 9.30 Å². The summed E-state index contributed by atoms with van der Waals surface area (Å²) in [6.07, 6.45) is 6.94. The molecule has 1 aromatic heterocycles. The fourth-order valence-corrected chi connectivity index (χ4v) is 2.93. The van der Waals surface area contributed by atoms with Crippen LogP contribution < -0.4 is 0 Å². The number of aromatic nitrogens is 2. The number of nitrogens with zero attached hydrogens (tertiary/aromatic N) is 2. The van der Waals surface area contributed by atoms with Crippen molar-refractivity contribution < 1.29 is 9.13 Å². The second-order valence-corrected chi connectivity index (χ2v) is 5.88. The smallest absolute Gasteiger partial charge is 0.142 e. The molecule has 0 amide bonds. The van der Waals surface area contributed by atoms with Crippen LogP contribution in [-0.2, 0) is 11.3 Å². The molecular weight excluding hydrogens is 291 g/mol. The Labute approximate surface area is 128 Å². The van der Waals surface area contributed by atoms with E-state index in [0.717, 1.165) is 32.6 Å². The molecule has 2 heterocycles. The van der Waals surface area contributed by atoms with E-state index in [4.69, 9.17) is 16.3 Å². The van der Waals surface area contributed by atoms with Crippen molar-refractivity contribution in [1.82, 2.24) is 9.55 Å². The van der Waals surface area contributed by atoms with Crippen LogP contribution in [0.4, 0.5) is 4.39 Å². The van der Waals surface area contributed by atoms with Gasteiger partial charge in [0.15, 0.2) is 0 Å². The van der Waals surface area contributed by atoms with Gasteiger partial charge in [-0.1, -0.05) is 11.6 Å². The molecule has 1 atom stereocenters. The van der Waals surface area contributed by atoms with Crippen LogP contribution >= 0.6 is 11.6 Å². The number of benzene rings is 1. The third-order valence-electron chi connectivity index (χ3n) is 3.92. The summed E-state index contributed by atoms with van der Waals surface area (Å²) in [6, 6.07) is 4.55. The Balaban J connectivity index is 1.75. The van der Waals surface area contributed by atoms with E-state index in [0.29, 0.717) is 22.3 Å².